The number of benzene rings is 2. The Hall–Kier alpha value is -3.98. The van der Waals surface area contributed by atoms with Gasteiger partial charge in [-0.1, -0.05) is 0 Å². The van der Waals surface area contributed by atoms with Crippen LogP contribution in [0.5, 0.6) is 11.5 Å². The first-order chi connectivity index (χ1) is 15.2. The molecule has 0 saturated heterocycles. The maximum Gasteiger partial charge on any atom is 0.249 e. The van der Waals surface area contributed by atoms with Crippen molar-refractivity contribution in [2.75, 3.05) is 19.5 Å². The van der Waals surface area contributed by atoms with E-state index >= 15 is 0 Å². The highest BCUT2D eigenvalue weighted by atomic mass is 32.1. The molecule has 0 aliphatic rings. The van der Waals surface area contributed by atoms with Gasteiger partial charge in [-0.15, -0.1) is 26.6 Å². The number of anilines is 2. The van der Waals surface area contributed by atoms with Gasteiger partial charge in [0.15, 0.2) is 5.82 Å². The summed E-state index contributed by atoms with van der Waals surface area (Å²) in [5.41, 5.74) is 3.73. The summed E-state index contributed by atoms with van der Waals surface area (Å²) in [6.45, 7) is 0. The summed E-state index contributed by atoms with van der Waals surface area (Å²) in [5, 5.41) is 18.3. The maximum atomic E-state index is 5.23. The molecular weight excluding hydrogens is 412 g/mol. The number of nitrogens with zero attached hydrogens (tertiary/aromatic N) is 5. The third-order valence-corrected chi connectivity index (χ3v) is 5.57. The molecule has 5 rings (SSSR count). The molecule has 154 valence electrons. The minimum Gasteiger partial charge on any atom is -0.497 e. The average molecular weight is 430 g/mol. The summed E-state index contributed by atoms with van der Waals surface area (Å²) < 4.78 is 12.2. The number of methoxy groups -OCH3 is 2. The Bertz CT molecular complexity index is 1310. The molecule has 0 unspecified atom stereocenters. The fourth-order valence-electron chi connectivity index (χ4n) is 3.12. The molecule has 3 aromatic heterocycles. The highest BCUT2D eigenvalue weighted by Crippen LogP contribution is 2.28. The van der Waals surface area contributed by atoms with Crippen LogP contribution in [0.4, 0.5) is 11.8 Å². The standard InChI is InChI=1S/C22H18N6O2S/c1-29-16-7-3-14(4-8-16)18-11-12-20(26-25-18)23-21-24-22-28(27-21)19(13-31-22)15-5-9-17(30-2)10-6-15/h3-13H,1-2H3,(H,23,26,27). The van der Waals surface area contributed by atoms with E-state index in [2.05, 4.69) is 25.6 Å². The van der Waals surface area contributed by atoms with E-state index in [1.807, 2.05) is 70.6 Å². The zero-order valence-corrected chi connectivity index (χ0v) is 17.6. The Kier molecular flexibility index (Phi) is 4.93. The van der Waals surface area contributed by atoms with Crippen molar-refractivity contribution in [3.8, 4) is 34.0 Å². The second-order valence-electron chi connectivity index (χ2n) is 6.64. The van der Waals surface area contributed by atoms with E-state index in [0.29, 0.717) is 11.8 Å². The SMILES string of the molecule is COc1ccc(-c2ccc(Nc3nc4scc(-c5ccc(OC)cc5)n4n3)nn2)cc1. The molecule has 0 bridgehead atoms. The van der Waals surface area contributed by atoms with Crippen molar-refractivity contribution in [1.82, 2.24) is 24.8 Å². The zero-order valence-electron chi connectivity index (χ0n) is 16.8. The van der Waals surface area contributed by atoms with E-state index < -0.39 is 0 Å². The third kappa shape index (κ3) is 3.78. The fraction of sp³-hybridized carbons (Fsp3) is 0.0909. The van der Waals surface area contributed by atoms with E-state index in [9.17, 15) is 0 Å². The van der Waals surface area contributed by atoms with Crippen LogP contribution in [0.3, 0.4) is 0 Å². The van der Waals surface area contributed by atoms with Crippen molar-refractivity contribution in [3.63, 3.8) is 0 Å². The largest absolute Gasteiger partial charge is 0.497 e. The van der Waals surface area contributed by atoms with Crippen LogP contribution in [0.1, 0.15) is 0 Å². The maximum absolute atomic E-state index is 5.23. The second kappa shape index (κ2) is 8.04. The van der Waals surface area contributed by atoms with Crippen molar-refractivity contribution < 1.29 is 9.47 Å². The lowest BCUT2D eigenvalue weighted by atomic mass is 10.1. The summed E-state index contributed by atoms with van der Waals surface area (Å²) in [6, 6.07) is 19.3. The number of hydrogen-bond donors (Lipinski definition) is 1. The first-order valence-corrected chi connectivity index (χ1v) is 10.4. The summed E-state index contributed by atoms with van der Waals surface area (Å²) in [4.78, 5) is 5.33. The van der Waals surface area contributed by atoms with Gasteiger partial charge in [-0.05, 0) is 60.7 Å². The predicted molar refractivity (Wildman–Crippen MR) is 120 cm³/mol. The van der Waals surface area contributed by atoms with Crippen LogP contribution >= 0.6 is 11.3 Å². The Morgan fingerprint density at radius 1 is 0.806 bits per heavy atom. The number of aromatic nitrogens is 5. The van der Waals surface area contributed by atoms with Crippen molar-refractivity contribution in [2.45, 2.75) is 0 Å². The lowest BCUT2D eigenvalue weighted by Crippen LogP contribution is -1.98. The monoisotopic (exact) mass is 430 g/mol. The zero-order chi connectivity index (χ0) is 21.2. The van der Waals surface area contributed by atoms with Gasteiger partial charge >= 0.3 is 0 Å². The highest BCUT2D eigenvalue weighted by Gasteiger charge is 2.12. The Labute approximate surface area is 182 Å². The molecule has 0 aliphatic carbocycles. The lowest BCUT2D eigenvalue weighted by Gasteiger charge is -2.04. The van der Waals surface area contributed by atoms with E-state index in [0.717, 1.165) is 39.0 Å². The molecule has 31 heavy (non-hydrogen) atoms. The number of nitrogens with one attached hydrogen (secondary N) is 1. The average Bonchev–Trinajstić information content (AvgIpc) is 3.40. The smallest absolute Gasteiger partial charge is 0.249 e. The summed E-state index contributed by atoms with van der Waals surface area (Å²) in [7, 11) is 3.29. The molecule has 9 heteroatoms. The molecule has 5 aromatic rings. The number of thiazole rings is 1. The number of hydrogen-bond acceptors (Lipinski definition) is 8. The second-order valence-corrected chi connectivity index (χ2v) is 7.47. The van der Waals surface area contributed by atoms with Gasteiger partial charge in [0.05, 0.1) is 25.6 Å². The molecule has 8 nitrogen and oxygen atoms in total. The minimum absolute atomic E-state index is 0.466. The predicted octanol–water partition coefficient (Wildman–Crippen LogP) is 4.68. The van der Waals surface area contributed by atoms with E-state index in [1.165, 1.54) is 11.3 Å². The highest BCUT2D eigenvalue weighted by molar-refractivity contribution is 7.15. The van der Waals surface area contributed by atoms with E-state index in [1.54, 1.807) is 14.2 Å². The van der Waals surface area contributed by atoms with Crippen molar-refractivity contribution in [1.29, 1.82) is 0 Å². The Balaban J connectivity index is 1.36. The van der Waals surface area contributed by atoms with Crippen molar-refractivity contribution >= 4 is 28.1 Å². The van der Waals surface area contributed by atoms with Gasteiger partial charge in [0.2, 0.25) is 10.9 Å². The molecule has 0 spiro atoms. The number of fused-ring (bicyclic) bond motifs is 1. The van der Waals surface area contributed by atoms with Crippen LogP contribution < -0.4 is 14.8 Å². The first kappa shape index (κ1) is 19.0. The molecular formula is C22H18N6O2S. The molecule has 0 radical (unpaired) electrons. The molecule has 3 heterocycles. The van der Waals surface area contributed by atoms with Gasteiger partial charge in [0.1, 0.15) is 11.5 Å². The van der Waals surface area contributed by atoms with Crippen molar-refractivity contribution in [3.05, 3.63) is 66.0 Å². The molecule has 1 N–H and O–H groups in total. The Morgan fingerprint density at radius 3 is 2.10 bits per heavy atom. The molecule has 0 fully saturated rings. The molecule has 0 amide bonds. The van der Waals surface area contributed by atoms with Gasteiger partial charge < -0.3 is 14.8 Å². The summed E-state index contributed by atoms with van der Waals surface area (Å²) >= 11 is 1.52. The number of rotatable bonds is 6. The minimum atomic E-state index is 0.466. The molecule has 0 atom stereocenters. The van der Waals surface area contributed by atoms with Gasteiger partial charge in [0.25, 0.3) is 0 Å². The molecule has 0 saturated carbocycles. The topological polar surface area (TPSA) is 86.5 Å². The van der Waals surface area contributed by atoms with E-state index in [4.69, 9.17) is 9.47 Å². The third-order valence-electron chi connectivity index (χ3n) is 4.76. The van der Waals surface area contributed by atoms with Crippen LogP contribution in [0.25, 0.3) is 27.5 Å². The first-order valence-electron chi connectivity index (χ1n) is 9.47. The number of ether oxygens (including phenoxy) is 2. The normalized spacial score (nSPS) is 10.9. The van der Waals surface area contributed by atoms with Gasteiger partial charge in [0, 0.05) is 16.5 Å². The van der Waals surface area contributed by atoms with E-state index in [-0.39, 0.29) is 0 Å². The fourth-order valence-corrected chi connectivity index (χ4v) is 3.95. The quantitative estimate of drug-likeness (QED) is 0.419. The van der Waals surface area contributed by atoms with Gasteiger partial charge in [-0.3, -0.25) is 0 Å². The van der Waals surface area contributed by atoms with Crippen LogP contribution in [0.2, 0.25) is 0 Å². The van der Waals surface area contributed by atoms with Crippen molar-refractivity contribution in [2.24, 2.45) is 0 Å². The molecule has 0 aliphatic heterocycles. The van der Waals surface area contributed by atoms with Crippen LogP contribution in [-0.4, -0.2) is 39.0 Å². The summed E-state index contributed by atoms with van der Waals surface area (Å²) in [5.74, 6) is 2.65. The van der Waals surface area contributed by atoms with Crippen LogP contribution in [0.15, 0.2) is 66.0 Å². The van der Waals surface area contributed by atoms with Gasteiger partial charge in [-0.2, -0.15) is 4.98 Å². The Morgan fingerprint density at radius 2 is 1.48 bits per heavy atom. The lowest BCUT2D eigenvalue weighted by molar-refractivity contribution is 0.415. The van der Waals surface area contributed by atoms with Gasteiger partial charge in [-0.25, -0.2) is 4.52 Å². The molecule has 2 aromatic carbocycles. The van der Waals surface area contributed by atoms with Crippen LogP contribution in [0, 0.1) is 0 Å². The van der Waals surface area contributed by atoms with Crippen LogP contribution in [-0.2, 0) is 0 Å². The summed E-state index contributed by atoms with van der Waals surface area (Å²) in [6.07, 6.45) is 0.